The molecule has 0 aliphatic rings. The highest BCUT2D eigenvalue weighted by atomic mass is 19.1. The summed E-state index contributed by atoms with van der Waals surface area (Å²) in [7, 11) is 0. The number of anilines is 1. The van der Waals surface area contributed by atoms with Gasteiger partial charge in [-0.2, -0.15) is 0 Å². The fourth-order valence-corrected chi connectivity index (χ4v) is 3.13. The van der Waals surface area contributed by atoms with Gasteiger partial charge in [0, 0.05) is 19.2 Å². The normalized spacial score (nSPS) is 11.2. The molecule has 0 radical (unpaired) electrons. The van der Waals surface area contributed by atoms with Crippen molar-refractivity contribution < 1.29 is 13.6 Å². The van der Waals surface area contributed by atoms with Crippen LogP contribution in [0, 0.1) is 11.6 Å². The van der Waals surface area contributed by atoms with Crippen LogP contribution in [0.4, 0.5) is 19.3 Å². The number of rotatable bonds is 7. The molecule has 30 heavy (non-hydrogen) atoms. The molecule has 5 heteroatoms. The average molecular weight is 406 g/mol. The fraction of sp³-hybridized carbons (Fsp3) is 0.160. The summed E-state index contributed by atoms with van der Waals surface area (Å²) in [5.74, 6) is -1.49. The summed E-state index contributed by atoms with van der Waals surface area (Å²) < 4.78 is 27.2. The lowest BCUT2D eigenvalue weighted by molar-refractivity contribution is 0.216. The summed E-state index contributed by atoms with van der Waals surface area (Å²) in [6.07, 6.45) is 2.68. The van der Waals surface area contributed by atoms with Crippen molar-refractivity contribution in [1.82, 2.24) is 4.90 Å². The van der Waals surface area contributed by atoms with E-state index in [2.05, 4.69) is 5.32 Å². The molecule has 0 aliphatic carbocycles. The highest BCUT2D eigenvalue weighted by Gasteiger charge is 2.16. The maximum Gasteiger partial charge on any atom is 0.322 e. The van der Waals surface area contributed by atoms with Gasteiger partial charge in [0.25, 0.3) is 0 Å². The summed E-state index contributed by atoms with van der Waals surface area (Å²) in [5, 5.41) is 2.56. The molecule has 0 aliphatic heterocycles. The quantitative estimate of drug-likeness (QED) is 0.502. The summed E-state index contributed by atoms with van der Waals surface area (Å²) in [6, 6.07) is 22.4. The number of nitrogens with one attached hydrogen (secondary N) is 1. The van der Waals surface area contributed by atoms with E-state index in [-0.39, 0.29) is 5.69 Å². The van der Waals surface area contributed by atoms with Crippen molar-refractivity contribution in [1.29, 1.82) is 0 Å². The zero-order valence-electron chi connectivity index (χ0n) is 16.8. The van der Waals surface area contributed by atoms with Gasteiger partial charge in [-0.05, 0) is 36.6 Å². The van der Waals surface area contributed by atoms with E-state index in [9.17, 15) is 13.6 Å². The van der Waals surface area contributed by atoms with E-state index >= 15 is 0 Å². The van der Waals surface area contributed by atoms with Gasteiger partial charge in [0.2, 0.25) is 0 Å². The van der Waals surface area contributed by atoms with E-state index in [1.165, 1.54) is 6.07 Å². The third-order valence-corrected chi connectivity index (χ3v) is 4.63. The van der Waals surface area contributed by atoms with Crippen LogP contribution in [0.3, 0.4) is 0 Å². The minimum Gasteiger partial charge on any atom is -0.320 e. The lowest BCUT2D eigenvalue weighted by Crippen LogP contribution is -2.37. The minimum absolute atomic E-state index is 0.0456. The largest absolute Gasteiger partial charge is 0.322 e. The Labute approximate surface area is 175 Å². The van der Waals surface area contributed by atoms with Crippen molar-refractivity contribution in [3.8, 4) is 0 Å². The van der Waals surface area contributed by atoms with Crippen molar-refractivity contribution >= 4 is 17.8 Å². The third-order valence-electron chi connectivity index (χ3n) is 4.63. The van der Waals surface area contributed by atoms with Gasteiger partial charge >= 0.3 is 6.03 Å². The summed E-state index contributed by atoms with van der Waals surface area (Å²) in [6.45, 7) is 2.79. The van der Waals surface area contributed by atoms with Crippen LogP contribution < -0.4 is 5.32 Å². The first-order chi connectivity index (χ1) is 14.5. The second-order valence-electron chi connectivity index (χ2n) is 7.11. The minimum atomic E-state index is -0.803. The Bertz CT molecular complexity index is 1000. The Morgan fingerprint density at radius 2 is 1.63 bits per heavy atom. The number of hydrogen-bond acceptors (Lipinski definition) is 1. The van der Waals surface area contributed by atoms with Crippen molar-refractivity contribution in [2.45, 2.75) is 13.3 Å². The Hall–Kier alpha value is -3.47. The molecule has 0 bridgehead atoms. The van der Waals surface area contributed by atoms with Crippen LogP contribution in [-0.4, -0.2) is 24.0 Å². The predicted octanol–water partition coefficient (Wildman–Crippen LogP) is 6.14. The van der Waals surface area contributed by atoms with Crippen molar-refractivity contribution in [3.05, 3.63) is 107 Å². The van der Waals surface area contributed by atoms with Crippen LogP contribution in [-0.2, 0) is 6.42 Å². The standard InChI is InChI=1S/C25H24F2N2O/c1-19(16-21-10-6-3-7-11-21)18-29(15-14-20-8-4-2-5-9-20)25(30)28-24-13-12-22(26)17-23(24)27/h2-13,16-17H,14-15,18H2,1H3,(H,28,30)/b19-16+. The van der Waals surface area contributed by atoms with Crippen molar-refractivity contribution in [2.75, 3.05) is 18.4 Å². The van der Waals surface area contributed by atoms with Gasteiger partial charge in [-0.3, -0.25) is 0 Å². The highest BCUT2D eigenvalue weighted by Crippen LogP contribution is 2.17. The fourth-order valence-electron chi connectivity index (χ4n) is 3.13. The first kappa shape index (κ1) is 21.2. The highest BCUT2D eigenvalue weighted by molar-refractivity contribution is 5.89. The van der Waals surface area contributed by atoms with E-state index < -0.39 is 17.7 Å². The molecule has 0 unspecified atom stereocenters. The van der Waals surface area contributed by atoms with E-state index in [1.807, 2.05) is 73.7 Å². The van der Waals surface area contributed by atoms with Crippen LogP contribution in [0.1, 0.15) is 18.1 Å². The van der Waals surface area contributed by atoms with Gasteiger partial charge in [0.15, 0.2) is 0 Å². The molecule has 0 spiro atoms. The molecule has 0 aromatic heterocycles. The first-order valence-electron chi connectivity index (χ1n) is 9.78. The number of urea groups is 1. The average Bonchev–Trinajstić information content (AvgIpc) is 2.74. The second kappa shape index (κ2) is 10.3. The topological polar surface area (TPSA) is 32.3 Å². The van der Waals surface area contributed by atoms with Crippen LogP contribution in [0.15, 0.2) is 84.4 Å². The summed E-state index contributed by atoms with van der Waals surface area (Å²) >= 11 is 0. The molecule has 0 heterocycles. The zero-order chi connectivity index (χ0) is 21.3. The molecule has 3 nitrogen and oxygen atoms in total. The molecule has 1 N–H and O–H groups in total. The van der Waals surface area contributed by atoms with E-state index in [0.717, 1.165) is 28.8 Å². The maximum absolute atomic E-state index is 14.0. The SMILES string of the molecule is C/C(=C\c1ccccc1)CN(CCc1ccccc1)C(=O)Nc1ccc(F)cc1F. The Kier molecular flexibility index (Phi) is 7.33. The molecule has 0 saturated carbocycles. The molecule has 3 aromatic carbocycles. The van der Waals surface area contributed by atoms with Crippen LogP contribution in [0.2, 0.25) is 0 Å². The molecule has 0 saturated heterocycles. The first-order valence-corrected chi connectivity index (χ1v) is 9.78. The van der Waals surface area contributed by atoms with E-state index in [1.54, 1.807) is 4.90 Å². The van der Waals surface area contributed by atoms with Gasteiger partial charge in [0.1, 0.15) is 11.6 Å². The molecule has 3 rings (SSSR count). The smallest absolute Gasteiger partial charge is 0.320 e. The number of hydrogen-bond donors (Lipinski definition) is 1. The number of amides is 2. The number of nitrogens with zero attached hydrogens (tertiary/aromatic N) is 1. The van der Waals surface area contributed by atoms with Crippen molar-refractivity contribution in [3.63, 3.8) is 0 Å². The van der Waals surface area contributed by atoms with Gasteiger partial charge in [-0.15, -0.1) is 0 Å². The van der Waals surface area contributed by atoms with Gasteiger partial charge < -0.3 is 10.2 Å². The predicted molar refractivity (Wildman–Crippen MR) is 117 cm³/mol. The van der Waals surface area contributed by atoms with Crippen LogP contribution >= 0.6 is 0 Å². The molecule has 2 amide bonds. The van der Waals surface area contributed by atoms with Gasteiger partial charge in [-0.1, -0.05) is 72.3 Å². The number of carbonyl (C=O) groups is 1. The van der Waals surface area contributed by atoms with Gasteiger partial charge in [0.05, 0.1) is 5.69 Å². The summed E-state index contributed by atoms with van der Waals surface area (Å²) in [5.41, 5.74) is 3.09. The number of benzene rings is 3. The Morgan fingerprint density at radius 3 is 2.30 bits per heavy atom. The number of halogens is 2. The molecule has 154 valence electrons. The summed E-state index contributed by atoms with van der Waals surface area (Å²) in [4.78, 5) is 14.5. The lowest BCUT2D eigenvalue weighted by atomic mass is 10.1. The van der Waals surface area contributed by atoms with Crippen molar-refractivity contribution in [2.24, 2.45) is 0 Å². The zero-order valence-corrected chi connectivity index (χ0v) is 16.8. The Morgan fingerprint density at radius 1 is 0.967 bits per heavy atom. The van der Waals surface area contributed by atoms with E-state index in [0.29, 0.717) is 19.5 Å². The molecule has 0 atom stereocenters. The molecule has 3 aromatic rings. The maximum atomic E-state index is 14.0. The second-order valence-corrected chi connectivity index (χ2v) is 7.11. The Balaban J connectivity index is 1.75. The van der Waals surface area contributed by atoms with Crippen LogP contribution in [0.5, 0.6) is 0 Å². The third kappa shape index (κ3) is 6.27. The van der Waals surface area contributed by atoms with Crippen LogP contribution in [0.25, 0.3) is 6.08 Å². The lowest BCUT2D eigenvalue weighted by Gasteiger charge is -2.24. The molecular formula is C25H24F2N2O. The monoisotopic (exact) mass is 406 g/mol. The number of carbonyl (C=O) groups excluding carboxylic acids is 1. The van der Waals surface area contributed by atoms with Gasteiger partial charge in [-0.25, -0.2) is 13.6 Å². The van der Waals surface area contributed by atoms with E-state index in [4.69, 9.17) is 0 Å². The molecule has 0 fully saturated rings. The molecular weight excluding hydrogens is 382 g/mol.